The molecule has 3 nitrogen and oxygen atoms in total. The molecule has 1 aliphatic rings. The largest absolute Gasteiger partial charge is 0.383 e. The Kier molecular flexibility index (Phi) is 3.00. The molecular weight excluding hydrogens is 212 g/mol. The highest BCUT2D eigenvalue weighted by atomic mass is 16.1. The van der Waals surface area contributed by atoms with Crippen LogP contribution in [0.4, 0.5) is 5.69 Å². The summed E-state index contributed by atoms with van der Waals surface area (Å²) in [5.74, 6) is 0.0621. The van der Waals surface area contributed by atoms with Crippen molar-refractivity contribution in [3.05, 3.63) is 53.4 Å². The number of ketones is 1. The van der Waals surface area contributed by atoms with Crippen LogP contribution in [0.15, 0.2) is 47.8 Å². The lowest BCUT2D eigenvalue weighted by atomic mass is 10.1. The minimum absolute atomic E-state index is 0.0621. The van der Waals surface area contributed by atoms with Gasteiger partial charge in [0.25, 0.3) is 0 Å². The molecule has 1 N–H and O–H groups in total. The maximum absolute atomic E-state index is 12.0. The molecule has 0 fully saturated rings. The van der Waals surface area contributed by atoms with E-state index in [0.29, 0.717) is 5.70 Å². The van der Waals surface area contributed by atoms with E-state index in [0.717, 1.165) is 16.8 Å². The molecule has 0 amide bonds. The average Bonchev–Trinajstić information content (AvgIpc) is 2.55. The zero-order valence-electron chi connectivity index (χ0n) is 10.3. The van der Waals surface area contributed by atoms with E-state index in [4.69, 9.17) is 0 Å². The summed E-state index contributed by atoms with van der Waals surface area (Å²) in [5, 5.41) is 3.14. The van der Waals surface area contributed by atoms with Gasteiger partial charge in [-0.2, -0.15) is 0 Å². The first-order valence-electron chi connectivity index (χ1n) is 5.55. The van der Waals surface area contributed by atoms with E-state index >= 15 is 0 Å². The van der Waals surface area contributed by atoms with Crippen molar-refractivity contribution in [3.8, 4) is 0 Å². The lowest BCUT2D eigenvalue weighted by Crippen LogP contribution is -2.04. The third-order valence-corrected chi connectivity index (χ3v) is 2.52. The van der Waals surface area contributed by atoms with E-state index < -0.39 is 0 Å². The number of anilines is 1. The second-order valence-corrected chi connectivity index (χ2v) is 4.39. The molecule has 0 saturated carbocycles. The van der Waals surface area contributed by atoms with Gasteiger partial charge in [-0.1, -0.05) is 12.1 Å². The first-order chi connectivity index (χ1) is 8.08. The Balaban J connectivity index is 2.29. The van der Waals surface area contributed by atoms with Crippen molar-refractivity contribution in [1.29, 1.82) is 0 Å². The monoisotopic (exact) mass is 228 g/mol. The summed E-state index contributed by atoms with van der Waals surface area (Å²) in [7, 11) is 3.92. The molecule has 0 saturated heterocycles. The van der Waals surface area contributed by atoms with E-state index in [1.165, 1.54) is 0 Å². The molecule has 3 heteroatoms. The molecule has 2 rings (SSSR count). The standard InChI is InChI=1S/C14H16N2O/c1-10(9-16(2)3)8-13-14(17)11-6-4-5-7-12(11)15-13/h4-9,15H,1-3H3/b10-9-,13-8-. The number of rotatable bonds is 2. The molecule has 0 radical (unpaired) electrons. The van der Waals surface area contributed by atoms with E-state index in [1.54, 1.807) is 0 Å². The number of carbonyl (C=O) groups is 1. The average molecular weight is 228 g/mol. The van der Waals surface area contributed by atoms with Crippen molar-refractivity contribution in [3.63, 3.8) is 0 Å². The van der Waals surface area contributed by atoms with Crippen molar-refractivity contribution in [2.24, 2.45) is 0 Å². The van der Waals surface area contributed by atoms with Crippen molar-refractivity contribution < 1.29 is 4.79 Å². The van der Waals surface area contributed by atoms with Crippen LogP contribution >= 0.6 is 0 Å². The number of fused-ring (bicyclic) bond motifs is 1. The Morgan fingerprint density at radius 1 is 1.29 bits per heavy atom. The molecule has 88 valence electrons. The summed E-state index contributed by atoms with van der Waals surface area (Å²) in [6.45, 7) is 1.98. The zero-order valence-corrected chi connectivity index (χ0v) is 10.3. The molecular formula is C14H16N2O. The second-order valence-electron chi connectivity index (χ2n) is 4.39. The maximum Gasteiger partial charge on any atom is 0.211 e. The Labute approximate surface area is 101 Å². The number of Topliss-reactive ketones (excluding diaryl/α,β-unsaturated/α-hetero) is 1. The van der Waals surface area contributed by atoms with Crippen LogP contribution in [-0.2, 0) is 0 Å². The molecule has 0 aromatic heterocycles. The summed E-state index contributed by atoms with van der Waals surface area (Å²) >= 11 is 0. The molecule has 0 unspecified atom stereocenters. The van der Waals surface area contributed by atoms with Crippen LogP contribution in [0, 0.1) is 0 Å². The SMILES string of the molecule is CC(=C/N(C)C)/C=C1\Nc2ccccc2C1=O. The number of hydrogen-bond acceptors (Lipinski definition) is 3. The van der Waals surface area contributed by atoms with Gasteiger partial charge in [-0.05, 0) is 30.7 Å². The Bertz CT molecular complexity index is 513. The van der Waals surface area contributed by atoms with Gasteiger partial charge in [-0.25, -0.2) is 0 Å². The lowest BCUT2D eigenvalue weighted by molar-refractivity contribution is 0.104. The van der Waals surface area contributed by atoms with Crippen molar-refractivity contribution >= 4 is 11.5 Å². The quantitative estimate of drug-likeness (QED) is 0.790. The number of para-hydroxylation sites is 1. The third-order valence-electron chi connectivity index (χ3n) is 2.52. The summed E-state index contributed by atoms with van der Waals surface area (Å²) in [5.41, 5.74) is 3.32. The lowest BCUT2D eigenvalue weighted by Gasteiger charge is -2.06. The molecule has 1 heterocycles. The molecule has 0 aliphatic carbocycles. The predicted octanol–water partition coefficient (Wildman–Crippen LogP) is 2.64. The highest BCUT2D eigenvalue weighted by Crippen LogP contribution is 2.27. The van der Waals surface area contributed by atoms with E-state index in [2.05, 4.69) is 5.32 Å². The normalized spacial score (nSPS) is 17.0. The highest BCUT2D eigenvalue weighted by molar-refractivity contribution is 6.18. The third kappa shape index (κ3) is 2.38. The predicted molar refractivity (Wildman–Crippen MR) is 69.9 cm³/mol. The van der Waals surface area contributed by atoms with Gasteiger partial charge in [-0.3, -0.25) is 4.79 Å². The first-order valence-corrected chi connectivity index (χ1v) is 5.55. The summed E-state index contributed by atoms with van der Waals surface area (Å²) in [6, 6.07) is 7.56. The van der Waals surface area contributed by atoms with Crippen molar-refractivity contribution in [2.75, 3.05) is 19.4 Å². The Morgan fingerprint density at radius 2 is 2.00 bits per heavy atom. The van der Waals surface area contributed by atoms with Crippen LogP contribution in [0.2, 0.25) is 0 Å². The van der Waals surface area contributed by atoms with E-state index in [9.17, 15) is 4.79 Å². The number of carbonyl (C=O) groups excluding carboxylic acids is 1. The number of hydrogen-bond donors (Lipinski definition) is 1. The maximum atomic E-state index is 12.0. The van der Waals surface area contributed by atoms with Crippen LogP contribution in [0.25, 0.3) is 0 Å². The fraction of sp³-hybridized carbons (Fsp3) is 0.214. The number of nitrogens with zero attached hydrogens (tertiary/aromatic N) is 1. The molecule has 0 spiro atoms. The topological polar surface area (TPSA) is 32.3 Å². The van der Waals surface area contributed by atoms with Crippen molar-refractivity contribution in [2.45, 2.75) is 6.92 Å². The van der Waals surface area contributed by atoms with Crippen LogP contribution in [0.5, 0.6) is 0 Å². The number of nitrogens with one attached hydrogen (secondary N) is 1. The van der Waals surface area contributed by atoms with Gasteiger partial charge in [0.15, 0.2) is 0 Å². The van der Waals surface area contributed by atoms with Gasteiger partial charge < -0.3 is 10.2 Å². The van der Waals surface area contributed by atoms with Gasteiger partial charge in [0, 0.05) is 31.5 Å². The number of allylic oxidation sites excluding steroid dienone is 3. The van der Waals surface area contributed by atoms with Crippen molar-refractivity contribution in [1.82, 2.24) is 4.90 Å². The Morgan fingerprint density at radius 3 is 2.65 bits per heavy atom. The van der Waals surface area contributed by atoms with E-state index in [1.807, 2.05) is 62.5 Å². The molecule has 0 atom stereocenters. The molecule has 0 bridgehead atoms. The number of benzene rings is 1. The van der Waals surface area contributed by atoms with E-state index in [-0.39, 0.29) is 5.78 Å². The second kappa shape index (κ2) is 4.45. The van der Waals surface area contributed by atoms with Crippen LogP contribution in [0.3, 0.4) is 0 Å². The highest BCUT2D eigenvalue weighted by Gasteiger charge is 2.23. The summed E-state index contributed by atoms with van der Waals surface area (Å²) in [6.07, 6.45) is 3.85. The van der Waals surface area contributed by atoms with Crippen LogP contribution in [0.1, 0.15) is 17.3 Å². The van der Waals surface area contributed by atoms with Gasteiger partial charge in [0.1, 0.15) is 0 Å². The first kappa shape index (κ1) is 11.5. The fourth-order valence-electron chi connectivity index (χ4n) is 1.91. The van der Waals surface area contributed by atoms with Gasteiger partial charge >= 0.3 is 0 Å². The summed E-state index contributed by atoms with van der Waals surface area (Å²) < 4.78 is 0. The van der Waals surface area contributed by atoms with Gasteiger partial charge in [-0.15, -0.1) is 0 Å². The smallest absolute Gasteiger partial charge is 0.211 e. The summed E-state index contributed by atoms with van der Waals surface area (Å²) in [4.78, 5) is 14.0. The Hall–Kier alpha value is -2.03. The molecule has 1 aromatic rings. The van der Waals surface area contributed by atoms with Gasteiger partial charge in [0.05, 0.1) is 5.70 Å². The van der Waals surface area contributed by atoms with Gasteiger partial charge in [0.2, 0.25) is 5.78 Å². The van der Waals surface area contributed by atoms with Crippen LogP contribution in [-0.4, -0.2) is 24.8 Å². The molecule has 1 aliphatic heterocycles. The van der Waals surface area contributed by atoms with Crippen LogP contribution < -0.4 is 5.32 Å². The molecule has 17 heavy (non-hydrogen) atoms. The fourth-order valence-corrected chi connectivity index (χ4v) is 1.91. The minimum Gasteiger partial charge on any atom is -0.383 e. The molecule has 1 aromatic carbocycles. The minimum atomic E-state index is 0.0621. The zero-order chi connectivity index (χ0) is 12.4.